The maximum Gasteiger partial charge on any atom is 0.305 e. The third-order valence-electron chi connectivity index (χ3n) is 4.27. The number of benzene rings is 2. The number of esters is 1. The molecule has 0 spiro atoms. The summed E-state index contributed by atoms with van der Waals surface area (Å²) in [6, 6.07) is 12.7. The summed E-state index contributed by atoms with van der Waals surface area (Å²) in [5.41, 5.74) is 2.16. The fourth-order valence-electron chi connectivity index (χ4n) is 3.11. The third-order valence-corrected chi connectivity index (χ3v) is 4.53. The second-order valence-electron chi connectivity index (χ2n) is 5.74. The number of rotatable bonds is 5. The van der Waals surface area contributed by atoms with Crippen molar-refractivity contribution in [1.82, 2.24) is 0 Å². The Bertz CT molecular complexity index is 786. The molecule has 0 saturated heterocycles. The van der Waals surface area contributed by atoms with Crippen molar-refractivity contribution in [3.05, 3.63) is 58.6 Å². The molecule has 24 heavy (non-hydrogen) atoms. The third kappa shape index (κ3) is 3.02. The lowest BCUT2D eigenvalue weighted by molar-refractivity contribution is -0.143. The number of carbonyl (C=O) groups is 1. The highest BCUT2D eigenvalue weighted by atomic mass is 35.5. The molecular formula is C19H18ClNO3. The molecule has 4 nitrogen and oxygen atoms in total. The number of carbonyl (C=O) groups excluding carboxylic acids is 1. The minimum atomic E-state index is -0.527. The summed E-state index contributed by atoms with van der Waals surface area (Å²) in [7, 11) is 0. The molecular weight excluding hydrogens is 326 g/mol. The fraction of sp³-hybridized carbons (Fsp3) is 0.263. The molecule has 1 aliphatic rings. The number of aromatic hydroxyl groups is 1. The Hall–Kier alpha value is -2.33. The largest absolute Gasteiger partial charge is 0.508 e. The van der Waals surface area contributed by atoms with Gasteiger partial charge in [0.15, 0.2) is 0 Å². The standard InChI is InChI=1S/C19H18ClNO3/c1-2-24-18(23)9-10-19(13-3-5-14(20)6-4-13)12-21-17-11-15(22)7-8-16(17)19/h3-8,11-12,22H,2,9-10H2,1H3. The maximum atomic E-state index is 11.9. The van der Waals surface area contributed by atoms with Crippen LogP contribution in [0.2, 0.25) is 5.02 Å². The second-order valence-corrected chi connectivity index (χ2v) is 6.18. The topological polar surface area (TPSA) is 58.9 Å². The van der Waals surface area contributed by atoms with Gasteiger partial charge in [0.25, 0.3) is 0 Å². The van der Waals surface area contributed by atoms with E-state index in [-0.39, 0.29) is 18.1 Å². The molecule has 0 radical (unpaired) electrons. The van der Waals surface area contributed by atoms with Crippen LogP contribution in [0.25, 0.3) is 0 Å². The van der Waals surface area contributed by atoms with Gasteiger partial charge in [-0.05, 0) is 42.7 Å². The zero-order chi connectivity index (χ0) is 17.2. The summed E-state index contributed by atoms with van der Waals surface area (Å²) < 4.78 is 5.06. The zero-order valence-electron chi connectivity index (χ0n) is 13.3. The van der Waals surface area contributed by atoms with Crippen molar-refractivity contribution < 1.29 is 14.6 Å². The number of halogens is 1. The quantitative estimate of drug-likeness (QED) is 0.819. The van der Waals surface area contributed by atoms with Crippen molar-refractivity contribution >= 4 is 29.5 Å². The minimum Gasteiger partial charge on any atom is -0.508 e. The van der Waals surface area contributed by atoms with Gasteiger partial charge in [0.2, 0.25) is 0 Å². The first-order chi connectivity index (χ1) is 11.5. The Kier molecular flexibility index (Phi) is 4.58. The summed E-state index contributed by atoms with van der Waals surface area (Å²) in [6.45, 7) is 2.16. The summed E-state index contributed by atoms with van der Waals surface area (Å²) in [6.07, 6.45) is 2.66. The Morgan fingerprint density at radius 3 is 2.71 bits per heavy atom. The molecule has 2 aromatic carbocycles. The Morgan fingerprint density at radius 2 is 2.00 bits per heavy atom. The van der Waals surface area contributed by atoms with Gasteiger partial charge < -0.3 is 9.84 Å². The van der Waals surface area contributed by atoms with Crippen LogP contribution in [0.15, 0.2) is 47.5 Å². The summed E-state index contributed by atoms with van der Waals surface area (Å²) in [5, 5.41) is 10.3. The van der Waals surface area contributed by atoms with Crippen LogP contribution >= 0.6 is 11.6 Å². The van der Waals surface area contributed by atoms with E-state index in [0.717, 1.165) is 11.1 Å². The first kappa shape index (κ1) is 16.5. The van der Waals surface area contributed by atoms with Gasteiger partial charge in [0, 0.05) is 23.7 Å². The van der Waals surface area contributed by atoms with Gasteiger partial charge in [-0.2, -0.15) is 0 Å². The molecule has 0 aromatic heterocycles. The van der Waals surface area contributed by atoms with Gasteiger partial charge >= 0.3 is 5.97 Å². The molecule has 1 atom stereocenters. The summed E-state index contributed by atoms with van der Waals surface area (Å²) >= 11 is 6.01. The van der Waals surface area contributed by atoms with Crippen LogP contribution in [-0.2, 0) is 14.9 Å². The summed E-state index contributed by atoms with van der Waals surface area (Å²) in [4.78, 5) is 16.3. The van der Waals surface area contributed by atoms with E-state index < -0.39 is 5.41 Å². The maximum absolute atomic E-state index is 11.9. The van der Waals surface area contributed by atoms with Crippen LogP contribution in [0.1, 0.15) is 30.9 Å². The van der Waals surface area contributed by atoms with Gasteiger partial charge in [-0.25, -0.2) is 0 Å². The van der Waals surface area contributed by atoms with Crippen LogP contribution in [0.4, 0.5) is 5.69 Å². The predicted molar refractivity (Wildman–Crippen MR) is 94.4 cm³/mol. The SMILES string of the molecule is CCOC(=O)CCC1(c2ccc(Cl)cc2)C=Nc2cc(O)ccc21. The lowest BCUT2D eigenvalue weighted by Crippen LogP contribution is -2.28. The predicted octanol–water partition coefficient (Wildman–Crippen LogP) is 4.39. The number of ether oxygens (including phenoxy) is 1. The van der Waals surface area contributed by atoms with E-state index in [1.54, 1.807) is 19.1 Å². The molecule has 1 aliphatic heterocycles. The first-order valence-corrected chi connectivity index (χ1v) is 8.23. The lowest BCUT2D eigenvalue weighted by atomic mass is 9.73. The molecule has 0 fully saturated rings. The number of aliphatic imine (C=N–C) groups is 1. The average molecular weight is 344 g/mol. The van der Waals surface area contributed by atoms with E-state index in [2.05, 4.69) is 4.99 Å². The molecule has 0 saturated carbocycles. The molecule has 1 heterocycles. The molecule has 124 valence electrons. The number of nitrogens with zero attached hydrogens (tertiary/aromatic N) is 1. The zero-order valence-corrected chi connectivity index (χ0v) is 14.1. The number of phenols is 1. The Labute approximate surface area is 145 Å². The van der Waals surface area contributed by atoms with Gasteiger partial charge in [-0.15, -0.1) is 0 Å². The highest BCUT2D eigenvalue weighted by Crippen LogP contribution is 2.46. The minimum absolute atomic E-state index is 0.170. The molecule has 5 heteroatoms. The lowest BCUT2D eigenvalue weighted by Gasteiger charge is -2.28. The van der Waals surface area contributed by atoms with Crippen molar-refractivity contribution in [2.45, 2.75) is 25.2 Å². The molecule has 0 aliphatic carbocycles. The summed E-state index contributed by atoms with van der Waals surface area (Å²) in [5.74, 6) is -0.0605. The van der Waals surface area contributed by atoms with Gasteiger partial charge in [0.05, 0.1) is 17.7 Å². The van der Waals surface area contributed by atoms with E-state index in [0.29, 0.717) is 23.7 Å². The number of hydrogen-bond donors (Lipinski definition) is 1. The van der Waals surface area contributed by atoms with Crippen molar-refractivity contribution in [2.24, 2.45) is 4.99 Å². The highest BCUT2D eigenvalue weighted by molar-refractivity contribution is 6.30. The van der Waals surface area contributed by atoms with E-state index in [4.69, 9.17) is 16.3 Å². The first-order valence-electron chi connectivity index (χ1n) is 7.85. The van der Waals surface area contributed by atoms with Crippen molar-refractivity contribution in [1.29, 1.82) is 0 Å². The van der Waals surface area contributed by atoms with Gasteiger partial charge in [-0.1, -0.05) is 29.8 Å². The van der Waals surface area contributed by atoms with Crippen LogP contribution in [0, 0.1) is 0 Å². The molecule has 1 N–H and O–H groups in total. The Morgan fingerprint density at radius 1 is 1.25 bits per heavy atom. The molecule has 2 aromatic rings. The van der Waals surface area contributed by atoms with Crippen molar-refractivity contribution in [3.63, 3.8) is 0 Å². The number of phenolic OH excluding ortho intramolecular Hbond substituents is 1. The van der Waals surface area contributed by atoms with E-state index >= 15 is 0 Å². The van der Waals surface area contributed by atoms with E-state index in [1.807, 2.05) is 36.5 Å². The molecule has 0 bridgehead atoms. The van der Waals surface area contributed by atoms with E-state index in [1.165, 1.54) is 0 Å². The second kappa shape index (κ2) is 6.65. The van der Waals surface area contributed by atoms with Crippen LogP contribution in [-0.4, -0.2) is 23.9 Å². The van der Waals surface area contributed by atoms with Crippen molar-refractivity contribution in [3.8, 4) is 5.75 Å². The Balaban J connectivity index is 2.02. The van der Waals surface area contributed by atoms with Crippen LogP contribution < -0.4 is 0 Å². The average Bonchev–Trinajstić information content (AvgIpc) is 2.93. The smallest absolute Gasteiger partial charge is 0.305 e. The molecule has 3 rings (SSSR count). The van der Waals surface area contributed by atoms with Gasteiger partial charge in [0.1, 0.15) is 5.75 Å². The monoisotopic (exact) mass is 343 g/mol. The van der Waals surface area contributed by atoms with Crippen LogP contribution in [0.5, 0.6) is 5.75 Å². The highest BCUT2D eigenvalue weighted by Gasteiger charge is 2.38. The normalized spacial score (nSPS) is 18.4. The number of hydrogen-bond acceptors (Lipinski definition) is 4. The molecule has 0 amide bonds. The van der Waals surface area contributed by atoms with E-state index in [9.17, 15) is 9.90 Å². The fourth-order valence-corrected chi connectivity index (χ4v) is 3.23. The van der Waals surface area contributed by atoms with Crippen LogP contribution in [0.3, 0.4) is 0 Å². The van der Waals surface area contributed by atoms with Gasteiger partial charge in [-0.3, -0.25) is 9.79 Å². The number of fused-ring (bicyclic) bond motifs is 1. The molecule has 1 unspecified atom stereocenters. The van der Waals surface area contributed by atoms with Crippen molar-refractivity contribution in [2.75, 3.05) is 6.61 Å².